The zero-order valence-corrected chi connectivity index (χ0v) is 12.0. The van der Waals surface area contributed by atoms with E-state index in [0.717, 1.165) is 0 Å². The first-order valence-electron chi connectivity index (χ1n) is 6.48. The topological polar surface area (TPSA) is 72.7 Å². The average molecular weight is 280 g/mol. The minimum atomic E-state index is -0.501. The third-order valence-electron chi connectivity index (χ3n) is 2.74. The van der Waals surface area contributed by atoms with Crippen LogP contribution in [0.3, 0.4) is 0 Å². The number of benzene rings is 1. The number of amides is 1. The van der Waals surface area contributed by atoms with Crippen molar-refractivity contribution in [2.24, 2.45) is 5.92 Å². The molecule has 0 N–H and O–H groups in total. The highest BCUT2D eigenvalue weighted by molar-refractivity contribution is 5.94. The van der Waals surface area contributed by atoms with Gasteiger partial charge < -0.3 is 9.64 Å². The van der Waals surface area contributed by atoms with Gasteiger partial charge in [0.05, 0.1) is 11.5 Å². The number of non-ortho nitro benzene ring substituents is 1. The summed E-state index contributed by atoms with van der Waals surface area (Å²) in [4.78, 5) is 24.3. The summed E-state index contributed by atoms with van der Waals surface area (Å²) in [5.74, 6) is 0.106. The van der Waals surface area contributed by atoms with Crippen molar-refractivity contribution in [1.82, 2.24) is 4.90 Å². The number of hydrogen-bond acceptors (Lipinski definition) is 4. The average Bonchev–Trinajstić information content (AvgIpc) is 2.42. The molecule has 6 nitrogen and oxygen atoms in total. The van der Waals surface area contributed by atoms with Crippen LogP contribution in [-0.4, -0.2) is 42.5 Å². The number of rotatable bonds is 7. The van der Waals surface area contributed by atoms with Gasteiger partial charge in [-0.25, -0.2) is 0 Å². The molecule has 0 heterocycles. The molecular formula is C14H20N2O4. The van der Waals surface area contributed by atoms with E-state index in [1.807, 2.05) is 13.8 Å². The van der Waals surface area contributed by atoms with Crippen molar-refractivity contribution < 1.29 is 14.5 Å². The smallest absolute Gasteiger partial charge is 0.270 e. The Balaban J connectivity index is 2.92. The first kappa shape index (κ1) is 16.1. The van der Waals surface area contributed by atoms with Crippen LogP contribution in [-0.2, 0) is 4.74 Å². The summed E-state index contributed by atoms with van der Waals surface area (Å²) in [6.07, 6.45) is 0. The largest absolute Gasteiger partial charge is 0.383 e. The van der Waals surface area contributed by atoms with Gasteiger partial charge in [0.15, 0.2) is 0 Å². The first-order valence-corrected chi connectivity index (χ1v) is 6.48. The SMILES string of the molecule is COCCN(CC(C)C)C(=O)c1cccc([N+](=O)[O-])c1. The van der Waals surface area contributed by atoms with E-state index in [2.05, 4.69) is 0 Å². The molecule has 0 aliphatic rings. The van der Waals surface area contributed by atoms with E-state index in [1.165, 1.54) is 18.2 Å². The third kappa shape index (κ3) is 4.62. The maximum Gasteiger partial charge on any atom is 0.270 e. The summed E-state index contributed by atoms with van der Waals surface area (Å²) < 4.78 is 5.00. The van der Waals surface area contributed by atoms with Crippen LogP contribution in [0.4, 0.5) is 5.69 Å². The molecule has 0 fully saturated rings. The molecule has 0 atom stereocenters. The molecule has 0 unspecified atom stereocenters. The Morgan fingerprint density at radius 3 is 2.70 bits per heavy atom. The van der Waals surface area contributed by atoms with E-state index < -0.39 is 4.92 Å². The molecule has 0 bridgehead atoms. The lowest BCUT2D eigenvalue weighted by molar-refractivity contribution is -0.384. The van der Waals surface area contributed by atoms with Gasteiger partial charge in [0.1, 0.15) is 0 Å². The minimum absolute atomic E-state index is 0.0768. The molecular weight excluding hydrogens is 260 g/mol. The Bertz CT molecular complexity index is 474. The van der Waals surface area contributed by atoms with Gasteiger partial charge in [-0.3, -0.25) is 14.9 Å². The lowest BCUT2D eigenvalue weighted by Gasteiger charge is -2.24. The van der Waals surface area contributed by atoms with E-state index >= 15 is 0 Å². The molecule has 0 aliphatic heterocycles. The van der Waals surface area contributed by atoms with E-state index in [4.69, 9.17) is 4.74 Å². The fraction of sp³-hybridized carbons (Fsp3) is 0.500. The molecule has 0 aromatic heterocycles. The monoisotopic (exact) mass is 280 g/mol. The Hall–Kier alpha value is -1.95. The van der Waals surface area contributed by atoms with Gasteiger partial charge in [-0.1, -0.05) is 19.9 Å². The second kappa shape index (κ2) is 7.59. The van der Waals surface area contributed by atoms with Gasteiger partial charge in [-0.05, 0) is 12.0 Å². The summed E-state index contributed by atoms with van der Waals surface area (Å²) in [5, 5.41) is 10.8. The third-order valence-corrected chi connectivity index (χ3v) is 2.74. The first-order chi connectivity index (χ1) is 9.45. The Morgan fingerprint density at radius 2 is 2.15 bits per heavy atom. The number of ether oxygens (including phenoxy) is 1. The zero-order chi connectivity index (χ0) is 15.1. The second-order valence-corrected chi connectivity index (χ2v) is 4.95. The van der Waals surface area contributed by atoms with E-state index in [9.17, 15) is 14.9 Å². The minimum Gasteiger partial charge on any atom is -0.383 e. The maximum absolute atomic E-state index is 12.4. The number of carbonyl (C=O) groups is 1. The summed E-state index contributed by atoms with van der Waals surface area (Å²) >= 11 is 0. The molecule has 0 aliphatic carbocycles. The molecule has 1 rings (SSSR count). The van der Waals surface area contributed by atoms with Gasteiger partial charge >= 0.3 is 0 Å². The van der Waals surface area contributed by atoms with Crippen LogP contribution in [0.2, 0.25) is 0 Å². The Labute approximate surface area is 118 Å². The van der Waals surface area contributed by atoms with Crippen LogP contribution in [0.1, 0.15) is 24.2 Å². The maximum atomic E-state index is 12.4. The quantitative estimate of drug-likeness (QED) is 0.567. The molecule has 1 aromatic rings. The number of carbonyl (C=O) groups excluding carboxylic acids is 1. The van der Waals surface area contributed by atoms with Gasteiger partial charge in [0.25, 0.3) is 11.6 Å². The highest BCUT2D eigenvalue weighted by Gasteiger charge is 2.18. The normalized spacial score (nSPS) is 10.6. The van der Waals surface area contributed by atoms with Crippen molar-refractivity contribution in [2.75, 3.05) is 26.8 Å². The van der Waals surface area contributed by atoms with Crippen molar-refractivity contribution in [3.8, 4) is 0 Å². The lowest BCUT2D eigenvalue weighted by atomic mass is 10.1. The van der Waals surface area contributed by atoms with Crippen LogP contribution in [0.5, 0.6) is 0 Å². The summed E-state index contributed by atoms with van der Waals surface area (Å²) in [5.41, 5.74) is 0.253. The number of hydrogen-bond donors (Lipinski definition) is 0. The van der Waals surface area contributed by atoms with Gasteiger partial charge in [0.2, 0.25) is 0 Å². The van der Waals surface area contributed by atoms with Crippen molar-refractivity contribution >= 4 is 11.6 Å². The zero-order valence-electron chi connectivity index (χ0n) is 12.0. The molecule has 0 spiro atoms. The van der Waals surface area contributed by atoms with E-state index in [1.54, 1.807) is 18.1 Å². The predicted octanol–water partition coefficient (Wildman–Crippen LogP) is 2.34. The van der Waals surface area contributed by atoms with Crippen LogP contribution >= 0.6 is 0 Å². The Morgan fingerprint density at radius 1 is 1.45 bits per heavy atom. The molecule has 0 saturated carbocycles. The highest BCUT2D eigenvalue weighted by Crippen LogP contribution is 2.15. The molecule has 20 heavy (non-hydrogen) atoms. The molecule has 110 valence electrons. The summed E-state index contributed by atoms with van der Waals surface area (Å²) in [7, 11) is 1.57. The van der Waals surface area contributed by atoms with Gasteiger partial charge in [0, 0.05) is 37.9 Å². The van der Waals surface area contributed by atoms with Gasteiger partial charge in [-0.2, -0.15) is 0 Å². The van der Waals surface area contributed by atoms with Crippen molar-refractivity contribution in [3.05, 3.63) is 39.9 Å². The highest BCUT2D eigenvalue weighted by atomic mass is 16.6. The van der Waals surface area contributed by atoms with Crippen molar-refractivity contribution in [2.45, 2.75) is 13.8 Å². The van der Waals surface area contributed by atoms with Crippen LogP contribution < -0.4 is 0 Å². The predicted molar refractivity (Wildman–Crippen MR) is 75.7 cm³/mol. The van der Waals surface area contributed by atoms with Crippen molar-refractivity contribution in [3.63, 3.8) is 0 Å². The fourth-order valence-electron chi connectivity index (χ4n) is 1.85. The second-order valence-electron chi connectivity index (χ2n) is 4.95. The van der Waals surface area contributed by atoms with Crippen molar-refractivity contribution in [1.29, 1.82) is 0 Å². The molecule has 1 amide bonds. The van der Waals surface area contributed by atoms with Gasteiger partial charge in [-0.15, -0.1) is 0 Å². The number of nitro benzene ring substituents is 1. The number of nitrogens with zero attached hydrogens (tertiary/aromatic N) is 2. The summed E-state index contributed by atoms with van der Waals surface area (Å²) in [6.45, 7) is 5.52. The van der Waals surface area contributed by atoms with Crippen LogP contribution in [0.25, 0.3) is 0 Å². The number of methoxy groups -OCH3 is 1. The Kier molecular flexibility index (Phi) is 6.11. The standard InChI is InChI=1S/C14H20N2O4/c1-11(2)10-15(7-8-20-3)14(17)12-5-4-6-13(9-12)16(18)19/h4-6,9,11H,7-8,10H2,1-3H3. The van der Waals surface area contributed by atoms with Crippen LogP contribution in [0, 0.1) is 16.0 Å². The molecule has 0 radical (unpaired) electrons. The van der Waals surface area contributed by atoms with Crippen LogP contribution in [0.15, 0.2) is 24.3 Å². The fourth-order valence-corrected chi connectivity index (χ4v) is 1.85. The number of nitro groups is 1. The van der Waals surface area contributed by atoms with E-state index in [0.29, 0.717) is 31.2 Å². The van der Waals surface area contributed by atoms with E-state index in [-0.39, 0.29) is 11.6 Å². The molecule has 0 saturated heterocycles. The summed E-state index contributed by atoms with van der Waals surface area (Å²) in [6, 6.07) is 5.80. The molecule has 1 aromatic carbocycles. The molecule has 6 heteroatoms. The lowest BCUT2D eigenvalue weighted by Crippen LogP contribution is -2.36.